The highest BCUT2D eigenvalue weighted by Gasteiger charge is 2.06. The fourth-order valence-electron chi connectivity index (χ4n) is 1.89. The van der Waals surface area contributed by atoms with Crippen molar-refractivity contribution in [1.29, 1.82) is 0 Å². The zero-order chi connectivity index (χ0) is 12.1. The normalized spacial score (nSPS) is 12.0. The summed E-state index contributed by atoms with van der Waals surface area (Å²) in [5.41, 5.74) is 0. The fraction of sp³-hybridized carbons (Fsp3) is 0.267. The van der Waals surface area contributed by atoms with Crippen LogP contribution in [0.15, 0.2) is 36.5 Å². The molecule has 0 radical (unpaired) electrons. The van der Waals surface area contributed by atoms with Crippen molar-refractivity contribution < 1.29 is 0 Å². The molecule has 1 aromatic carbocycles. The van der Waals surface area contributed by atoms with Crippen LogP contribution in [-0.4, -0.2) is 11.0 Å². The number of nitrogens with zero attached hydrogens (tertiary/aromatic N) is 1. The molecule has 1 N–H and O–H groups in total. The molecule has 1 heterocycles. The molecule has 1 atom stereocenters. The maximum atomic E-state index is 5.51. The Hall–Kier alpha value is -2.01. The van der Waals surface area contributed by atoms with Crippen LogP contribution in [0, 0.1) is 12.3 Å². The SMILES string of the molecule is C#CC(CCC)Nc1nccc2ccccc12. The van der Waals surface area contributed by atoms with Gasteiger partial charge in [0.15, 0.2) is 0 Å². The molecule has 2 rings (SSSR count). The second kappa shape index (κ2) is 5.36. The van der Waals surface area contributed by atoms with Gasteiger partial charge in [-0.05, 0) is 17.9 Å². The summed E-state index contributed by atoms with van der Waals surface area (Å²) in [5.74, 6) is 3.64. The van der Waals surface area contributed by atoms with Crippen molar-refractivity contribution in [3.05, 3.63) is 36.5 Å². The second-order valence-corrected chi connectivity index (χ2v) is 4.03. The summed E-state index contributed by atoms with van der Waals surface area (Å²) in [6, 6.07) is 10.2. The van der Waals surface area contributed by atoms with Gasteiger partial charge in [-0.1, -0.05) is 43.5 Å². The highest BCUT2D eigenvalue weighted by atomic mass is 15.0. The molecule has 0 spiro atoms. The van der Waals surface area contributed by atoms with Gasteiger partial charge < -0.3 is 5.32 Å². The Morgan fingerprint density at radius 3 is 2.94 bits per heavy atom. The van der Waals surface area contributed by atoms with Crippen molar-refractivity contribution in [1.82, 2.24) is 4.98 Å². The minimum absolute atomic E-state index is 0.0540. The Labute approximate surface area is 102 Å². The molecule has 0 fully saturated rings. The van der Waals surface area contributed by atoms with Gasteiger partial charge in [0.05, 0.1) is 6.04 Å². The van der Waals surface area contributed by atoms with Crippen molar-refractivity contribution in [2.45, 2.75) is 25.8 Å². The number of nitrogens with one attached hydrogen (secondary N) is 1. The predicted molar refractivity (Wildman–Crippen MR) is 72.9 cm³/mol. The third kappa shape index (κ3) is 2.57. The van der Waals surface area contributed by atoms with Gasteiger partial charge in [-0.15, -0.1) is 6.42 Å². The van der Waals surface area contributed by atoms with Crippen LogP contribution in [0.1, 0.15) is 19.8 Å². The summed E-state index contributed by atoms with van der Waals surface area (Å²) in [6.45, 7) is 2.13. The highest BCUT2D eigenvalue weighted by molar-refractivity contribution is 5.91. The largest absolute Gasteiger partial charge is 0.356 e. The van der Waals surface area contributed by atoms with Gasteiger partial charge >= 0.3 is 0 Å². The van der Waals surface area contributed by atoms with Crippen molar-refractivity contribution >= 4 is 16.6 Å². The minimum Gasteiger partial charge on any atom is -0.356 e. The van der Waals surface area contributed by atoms with Gasteiger partial charge in [0.1, 0.15) is 5.82 Å². The van der Waals surface area contributed by atoms with Crippen molar-refractivity contribution in [3.8, 4) is 12.3 Å². The van der Waals surface area contributed by atoms with Crippen molar-refractivity contribution in [3.63, 3.8) is 0 Å². The van der Waals surface area contributed by atoms with E-state index in [4.69, 9.17) is 6.42 Å². The van der Waals surface area contributed by atoms with Crippen molar-refractivity contribution in [2.24, 2.45) is 0 Å². The van der Waals surface area contributed by atoms with E-state index < -0.39 is 0 Å². The molecule has 1 unspecified atom stereocenters. The number of terminal acetylenes is 1. The average molecular weight is 224 g/mol. The zero-order valence-corrected chi connectivity index (χ0v) is 9.98. The summed E-state index contributed by atoms with van der Waals surface area (Å²) in [5, 5.41) is 5.62. The fourth-order valence-corrected chi connectivity index (χ4v) is 1.89. The first-order chi connectivity index (χ1) is 8.35. The van der Waals surface area contributed by atoms with E-state index in [2.05, 4.69) is 35.3 Å². The third-order valence-corrected chi connectivity index (χ3v) is 2.76. The number of anilines is 1. The Balaban J connectivity index is 2.33. The first kappa shape index (κ1) is 11.5. The smallest absolute Gasteiger partial charge is 0.134 e. The molecular formula is C15H16N2. The Morgan fingerprint density at radius 2 is 2.18 bits per heavy atom. The molecule has 0 saturated heterocycles. The van der Waals surface area contributed by atoms with E-state index in [1.165, 1.54) is 5.39 Å². The lowest BCUT2D eigenvalue weighted by Crippen LogP contribution is -2.17. The zero-order valence-electron chi connectivity index (χ0n) is 9.98. The van der Waals surface area contributed by atoms with E-state index in [0.29, 0.717) is 0 Å². The molecule has 2 heteroatoms. The van der Waals surface area contributed by atoms with Crippen LogP contribution in [0.25, 0.3) is 10.8 Å². The first-order valence-corrected chi connectivity index (χ1v) is 5.91. The second-order valence-electron chi connectivity index (χ2n) is 4.03. The molecule has 1 aromatic heterocycles. The van der Waals surface area contributed by atoms with E-state index in [1.54, 1.807) is 0 Å². The number of benzene rings is 1. The molecule has 0 bridgehead atoms. The van der Waals surface area contributed by atoms with E-state index in [1.807, 2.05) is 24.4 Å². The van der Waals surface area contributed by atoms with E-state index >= 15 is 0 Å². The molecule has 0 amide bonds. The van der Waals surface area contributed by atoms with Gasteiger partial charge in [0.25, 0.3) is 0 Å². The van der Waals surface area contributed by atoms with Crippen LogP contribution in [0.4, 0.5) is 5.82 Å². The van der Waals surface area contributed by atoms with Gasteiger partial charge in [0.2, 0.25) is 0 Å². The number of fused-ring (bicyclic) bond motifs is 1. The summed E-state index contributed by atoms with van der Waals surface area (Å²) in [4.78, 5) is 4.37. The van der Waals surface area contributed by atoms with Crippen LogP contribution < -0.4 is 5.32 Å². The van der Waals surface area contributed by atoms with Crippen LogP contribution in [0.3, 0.4) is 0 Å². The molecule has 0 aliphatic heterocycles. The van der Waals surface area contributed by atoms with Gasteiger partial charge in [-0.25, -0.2) is 4.98 Å². The monoisotopic (exact) mass is 224 g/mol. The van der Waals surface area contributed by atoms with Crippen LogP contribution in [0.5, 0.6) is 0 Å². The Bertz CT molecular complexity index is 535. The average Bonchev–Trinajstić information content (AvgIpc) is 2.38. The standard InChI is InChI=1S/C15H16N2/c1-3-7-13(4-2)17-15-14-9-6-5-8-12(14)10-11-16-15/h2,5-6,8-11,13H,3,7H2,1H3,(H,16,17). The van der Waals surface area contributed by atoms with Gasteiger partial charge in [-0.3, -0.25) is 0 Å². The maximum Gasteiger partial charge on any atom is 0.134 e. The first-order valence-electron chi connectivity index (χ1n) is 5.91. The molecule has 0 aliphatic rings. The quantitative estimate of drug-likeness (QED) is 0.805. The Kier molecular flexibility index (Phi) is 3.62. The van der Waals surface area contributed by atoms with Crippen LogP contribution in [0.2, 0.25) is 0 Å². The lowest BCUT2D eigenvalue weighted by Gasteiger charge is -2.14. The summed E-state index contributed by atoms with van der Waals surface area (Å²) in [6.07, 6.45) is 9.34. The number of rotatable bonds is 4. The van der Waals surface area contributed by atoms with Crippen LogP contribution >= 0.6 is 0 Å². The number of hydrogen-bond donors (Lipinski definition) is 1. The number of hydrogen-bond acceptors (Lipinski definition) is 2. The summed E-state index contributed by atoms with van der Waals surface area (Å²) >= 11 is 0. The number of aromatic nitrogens is 1. The molecule has 86 valence electrons. The van der Waals surface area contributed by atoms with E-state index in [-0.39, 0.29) is 6.04 Å². The van der Waals surface area contributed by atoms with E-state index in [0.717, 1.165) is 24.0 Å². The highest BCUT2D eigenvalue weighted by Crippen LogP contribution is 2.21. The minimum atomic E-state index is 0.0540. The molecular weight excluding hydrogens is 208 g/mol. The molecule has 2 aromatic rings. The summed E-state index contributed by atoms with van der Waals surface area (Å²) < 4.78 is 0. The summed E-state index contributed by atoms with van der Waals surface area (Å²) in [7, 11) is 0. The van der Waals surface area contributed by atoms with Gasteiger partial charge in [-0.2, -0.15) is 0 Å². The Morgan fingerprint density at radius 1 is 1.35 bits per heavy atom. The predicted octanol–water partition coefficient (Wildman–Crippen LogP) is 3.45. The lowest BCUT2D eigenvalue weighted by atomic mass is 10.1. The molecule has 0 aliphatic carbocycles. The lowest BCUT2D eigenvalue weighted by molar-refractivity contribution is 0.753. The molecule has 0 saturated carbocycles. The topological polar surface area (TPSA) is 24.9 Å². The van der Waals surface area contributed by atoms with Crippen molar-refractivity contribution in [2.75, 3.05) is 5.32 Å². The molecule has 2 nitrogen and oxygen atoms in total. The van der Waals surface area contributed by atoms with Crippen LogP contribution in [-0.2, 0) is 0 Å². The third-order valence-electron chi connectivity index (χ3n) is 2.76. The molecule has 17 heavy (non-hydrogen) atoms. The van der Waals surface area contributed by atoms with E-state index in [9.17, 15) is 0 Å². The number of pyridine rings is 1. The maximum absolute atomic E-state index is 5.51. The van der Waals surface area contributed by atoms with Gasteiger partial charge in [0, 0.05) is 11.6 Å².